The van der Waals surface area contributed by atoms with Gasteiger partial charge in [-0.25, -0.2) is 10.6 Å². The van der Waals surface area contributed by atoms with Crippen LogP contribution in [0.15, 0.2) is 27.4 Å². The Kier molecular flexibility index (Phi) is 3.20. The summed E-state index contributed by atoms with van der Waals surface area (Å²) in [7, 11) is 3.17. The van der Waals surface area contributed by atoms with Crippen LogP contribution in [0.2, 0.25) is 0 Å². The molecule has 2 rings (SSSR count). The van der Waals surface area contributed by atoms with Crippen molar-refractivity contribution in [3.8, 4) is 0 Å². The Labute approximate surface area is 104 Å². The first-order valence-corrected chi connectivity index (χ1v) is 5.59. The van der Waals surface area contributed by atoms with Crippen molar-refractivity contribution in [1.29, 1.82) is 0 Å². The number of rotatable bonds is 3. The molecule has 0 spiro atoms. The molecular formula is C12H15N3O3. The molecule has 0 saturated carbocycles. The average Bonchev–Trinajstić information content (AvgIpc) is 2.62. The number of fused-ring (bicyclic) bond motifs is 1. The molecule has 0 saturated heterocycles. The van der Waals surface area contributed by atoms with Gasteiger partial charge in [0.05, 0.1) is 5.52 Å². The second kappa shape index (κ2) is 4.66. The van der Waals surface area contributed by atoms with E-state index in [0.717, 1.165) is 16.1 Å². The Morgan fingerprint density at radius 3 is 2.89 bits per heavy atom. The van der Waals surface area contributed by atoms with Crippen LogP contribution < -0.4 is 11.6 Å². The van der Waals surface area contributed by atoms with Gasteiger partial charge in [0, 0.05) is 20.5 Å². The van der Waals surface area contributed by atoms with E-state index in [2.05, 4.69) is 0 Å². The Morgan fingerprint density at radius 1 is 1.50 bits per heavy atom. The molecule has 0 radical (unpaired) electrons. The van der Waals surface area contributed by atoms with Crippen molar-refractivity contribution >= 4 is 17.0 Å². The number of amides is 1. The highest BCUT2D eigenvalue weighted by Crippen LogP contribution is 2.15. The molecule has 2 N–H and O–H groups in total. The van der Waals surface area contributed by atoms with E-state index in [9.17, 15) is 9.59 Å². The molecule has 96 valence electrons. The molecular weight excluding hydrogens is 234 g/mol. The summed E-state index contributed by atoms with van der Waals surface area (Å²) in [5.74, 6) is 4.82. The predicted octanol–water partition coefficient (Wildman–Crippen LogP) is 0.396. The first-order valence-electron chi connectivity index (χ1n) is 5.59. The Bertz CT molecular complexity index is 640. The minimum absolute atomic E-state index is 0.129. The number of hydrogen-bond acceptors (Lipinski definition) is 4. The zero-order valence-corrected chi connectivity index (χ0v) is 10.3. The monoisotopic (exact) mass is 249 g/mol. The van der Waals surface area contributed by atoms with Crippen molar-refractivity contribution in [3.05, 3.63) is 34.3 Å². The first-order chi connectivity index (χ1) is 8.49. The lowest BCUT2D eigenvalue weighted by Gasteiger charge is -2.09. The molecule has 1 aromatic heterocycles. The molecule has 0 unspecified atom stereocenters. The summed E-state index contributed by atoms with van der Waals surface area (Å²) in [6, 6.07) is 5.43. The molecule has 1 aromatic carbocycles. The smallest absolute Gasteiger partial charge is 0.408 e. The fourth-order valence-corrected chi connectivity index (χ4v) is 1.76. The molecule has 6 nitrogen and oxygen atoms in total. The maximum absolute atomic E-state index is 11.4. The van der Waals surface area contributed by atoms with E-state index in [0.29, 0.717) is 18.4 Å². The highest BCUT2D eigenvalue weighted by Gasteiger charge is 2.08. The lowest BCUT2D eigenvalue weighted by atomic mass is 10.1. The number of aryl methyl sites for hydroxylation is 2. The van der Waals surface area contributed by atoms with Crippen molar-refractivity contribution in [2.45, 2.75) is 12.8 Å². The molecule has 0 bridgehead atoms. The van der Waals surface area contributed by atoms with Crippen molar-refractivity contribution in [2.75, 3.05) is 7.05 Å². The summed E-state index contributed by atoms with van der Waals surface area (Å²) in [6.45, 7) is 0. The molecule has 0 fully saturated rings. The maximum Gasteiger partial charge on any atom is 0.419 e. The second-order valence-corrected chi connectivity index (χ2v) is 4.23. The summed E-state index contributed by atoms with van der Waals surface area (Å²) < 4.78 is 6.47. The normalized spacial score (nSPS) is 10.8. The van der Waals surface area contributed by atoms with Gasteiger partial charge in [-0.3, -0.25) is 14.4 Å². The summed E-state index contributed by atoms with van der Waals surface area (Å²) >= 11 is 0. The summed E-state index contributed by atoms with van der Waals surface area (Å²) in [6.07, 6.45) is 0.917. The van der Waals surface area contributed by atoms with Gasteiger partial charge in [0.1, 0.15) is 0 Å². The zero-order chi connectivity index (χ0) is 13.3. The number of nitrogens with zero attached hydrogens (tertiary/aromatic N) is 2. The summed E-state index contributed by atoms with van der Waals surface area (Å²) in [4.78, 5) is 22.7. The number of aromatic nitrogens is 1. The van der Waals surface area contributed by atoms with Crippen molar-refractivity contribution in [3.63, 3.8) is 0 Å². The molecule has 0 atom stereocenters. The van der Waals surface area contributed by atoms with Crippen molar-refractivity contribution < 1.29 is 9.21 Å². The highest BCUT2D eigenvalue weighted by molar-refractivity contribution is 5.76. The van der Waals surface area contributed by atoms with E-state index in [1.165, 1.54) is 11.6 Å². The zero-order valence-electron chi connectivity index (χ0n) is 10.3. The van der Waals surface area contributed by atoms with Gasteiger partial charge in [0.2, 0.25) is 5.91 Å². The minimum Gasteiger partial charge on any atom is -0.408 e. The Morgan fingerprint density at radius 2 is 2.22 bits per heavy atom. The number of nitrogens with two attached hydrogens (primary N) is 1. The van der Waals surface area contributed by atoms with Crippen molar-refractivity contribution in [2.24, 2.45) is 12.9 Å². The fraction of sp³-hybridized carbons (Fsp3) is 0.333. The van der Waals surface area contributed by atoms with Gasteiger partial charge in [-0.1, -0.05) is 6.07 Å². The molecule has 1 heterocycles. The van der Waals surface area contributed by atoms with E-state index in [1.54, 1.807) is 13.1 Å². The van der Waals surface area contributed by atoms with E-state index in [1.807, 2.05) is 12.1 Å². The lowest BCUT2D eigenvalue weighted by molar-refractivity contribution is -0.130. The summed E-state index contributed by atoms with van der Waals surface area (Å²) in [5, 5.41) is 1.08. The molecule has 0 aliphatic carbocycles. The lowest BCUT2D eigenvalue weighted by Crippen LogP contribution is -2.33. The van der Waals surface area contributed by atoms with Crippen LogP contribution in [0.1, 0.15) is 12.0 Å². The third-order valence-electron chi connectivity index (χ3n) is 2.88. The van der Waals surface area contributed by atoms with E-state index < -0.39 is 0 Å². The standard InChI is InChI=1S/C12H15N3O3/c1-14-9-7-8(4-6-11(16)15(2)13)3-5-10(9)18-12(14)17/h3,5,7H,4,6,13H2,1-2H3. The minimum atomic E-state index is -0.389. The molecule has 2 aromatic rings. The van der Waals surface area contributed by atoms with Crippen LogP contribution in [0.25, 0.3) is 11.1 Å². The number of hydrogen-bond donors (Lipinski definition) is 1. The van der Waals surface area contributed by atoms with Crippen LogP contribution in [0.5, 0.6) is 0 Å². The highest BCUT2D eigenvalue weighted by atomic mass is 16.4. The molecule has 18 heavy (non-hydrogen) atoms. The SMILES string of the molecule is CN(N)C(=O)CCc1ccc2oc(=O)n(C)c2c1. The topological polar surface area (TPSA) is 81.5 Å². The van der Waals surface area contributed by atoms with E-state index >= 15 is 0 Å². The van der Waals surface area contributed by atoms with Gasteiger partial charge >= 0.3 is 5.76 Å². The van der Waals surface area contributed by atoms with Gasteiger partial charge in [0.15, 0.2) is 5.58 Å². The number of oxazole rings is 1. The molecule has 0 aliphatic heterocycles. The Hall–Kier alpha value is -2.08. The van der Waals surface area contributed by atoms with E-state index in [4.69, 9.17) is 10.3 Å². The predicted molar refractivity (Wildman–Crippen MR) is 66.7 cm³/mol. The van der Waals surface area contributed by atoms with Gasteiger partial charge in [-0.15, -0.1) is 0 Å². The van der Waals surface area contributed by atoms with Crippen LogP contribution >= 0.6 is 0 Å². The molecule has 0 aliphatic rings. The van der Waals surface area contributed by atoms with E-state index in [-0.39, 0.29) is 11.7 Å². The number of hydrazine groups is 1. The molecule has 6 heteroatoms. The number of benzene rings is 1. The molecule has 1 amide bonds. The first kappa shape index (κ1) is 12.4. The van der Waals surface area contributed by atoms with Gasteiger partial charge in [-0.05, 0) is 24.1 Å². The van der Waals surface area contributed by atoms with Gasteiger partial charge < -0.3 is 4.42 Å². The van der Waals surface area contributed by atoms with Crippen LogP contribution in [0, 0.1) is 0 Å². The van der Waals surface area contributed by atoms with Gasteiger partial charge in [-0.2, -0.15) is 0 Å². The van der Waals surface area contributed by atoms with Gasteiger partial charge in [0.25, 0.3) is 0 Å². The summed E-state index contributed by atoms with van der Waals surface area (Å²) in [5.41, 5.74) is 2.24. The third kappa shape index (κ3) is 2.28. The number of carbonyl (C=O) groups is 1. The Balaban J connectivity index is 2.22. The number of carbonyl (C=O) groups excluding carboxylic acids is 1. The average molecular weight is 249 g/mol. The van der Waals surface area contributed by atoms with Crippen LogP contribution in [-0.4, -0.2) is 22.5 Å². The van der Waals surface area contributed by atoms with Crippen LogP contribution in [-0.2, 0) is 18.3 Å². The maximum atomic E-state index is 11.4. The van der Waals surface area contributed by atoms with Crippen LogP contribution in [0.4, 0.5) is 0 Å². The quantitative estimate of drug-likeness (QED) is 0.485. The second-order valence-electron chi connectivity index (χ2n) is 4.23. The van der Waals surface area contributed by atoms with Crippen LogP contribution in [0.3, 0.4) is 0 Å². The third-order valence-corrected chi connectivity index (χ3v) is 2.88. The fourth-order valence-electron chi connectivity index (χ4n) is 1.76. The largest absolute Gasteiger partial charge is 0.419 e. The van der Waals surface area contributed by atoms with Crippen molar-refractivity contribution in [1.82, 2.24) is 9.58 Å².